The van der Waals surface area contributed by atoms with Crippen LogP contribution in [0.25, 0.3) is 0 Å². The Morgan fingerprint density at radius 2 is 2.25 bits per heavy atom. The second kappa shape index (κ2) is 9.36. The predicted octanol–water partition coefficient (Wildman–Crippen LogP) is 1.75. The van der Waals surface area contributed by atoms with Crippen LogP contribution in [0.5, 0.6) is 0 Å². The highest BCUT2D eigenvalue weighted by Gasteiger charge is 1.98. The van der Waals surface area contributed by atoms with E-state index < -0.39 is 0 Å². The van der Waals surface area contributed by atoms with Gasteiger partial charge in [-0.3, -0.25) is 0 Å². The van der Waals surface area contributed by atoms with Crippen LogP contribution in [-0.2, 0) is 4.74 Å². The van der Waals surface area contributed by atoms with Gasteiger partial charge in [0.1, 0.15) is 0 Å². The van der Waals surface area contributed by atoms with Gasteiger partial charge in [-0.25, -0.2) is 0 Å². The number of ether oxygens (including phenoxy) is 1. The molecule has 12 heavy (non-hydrogen) atoms. The molecule has 0 aromatic rings. The first kappa shape index (κ1) is 12.3. The minimum absolute atomic E-state index is 0.648. The molecule has 0 rings (SSSR count). The average Bonchev–Trinajstić information content (AvgIpc) is 2.09. The van der Waals surface area contributed by atoms with Crippen LogP contribution >= 0.6 is 11.8 Å². The zero-order chi connectivity index (χ0) is 9.23. The van der Waals surface area contributed by atoms with Crippen molar-refractivity contribution < 1.29 is 4.74 Å². The standard InChI is InChI=1S/C9H21NOS/c1-9(5-8-12-3)10-6-4-7-11-2/h9-10H,4-8H2,1-3H3. The van der Waals surface area contributed by atoms with Gasteiger partial charge < -0.3 is 10.1 Å². The van der Waals surface area contributed by atoms with Gasteiger partial charge in [-0.2, -0.15) is 11.8 Å². The van der Waals surface area contributed by atoms with Crippen molar-refractivity contribution >= 4 is 11.8 Å². The van der Waals surface area contributed by atoms with Crippen LogP contribution in [-0.4, -0.2) is 38.3 Å². The van der Waals surface area contributed by atoms with Crippen molar-refractivity contribution in [1.82, 2.24) is 5.32 Å². The number of thioether (sulfide) groups is 1. The molecule has 74 valence electrons. The fourth-order valence-corrected chi connectivity index (χ4v) is 1.55. The van der Waals surface area contributed by atoms with Crippen molar-refractivity contribution in [2.24, 2.45) is 0 Å². The molecule has 1 N–H and O–H groups in total. The highest BCUT2D eigenvalue weighted by Crippen LogP contribution is 1.99. The van der Waals surface area contributed by atoms with Crippen LogP contribution in [0.3, 0.4) is 0 Å². The van der Waals surface area contributed by atoms with Crippen LogP contribution in [0.4, 0.5) is 0 Å². The summed E-state index contributed by atoms with van der Waals surface area (Å²) < 4.78 is 4.96. The lowest BCUT2D eigenvalue weighted by Gasteiger charge is -2.12. The summed E-state index contributed by atoms with van der Waals surface area (Å²) >= 11 is 1.91. The Kier molecular flexibility index (Phi) is 9.57. The van der Waals surface area contributed by atoms with Crippen molar-refractivity contribution in [3.8, 4) is 0 Å². The van der Waals surface area contributed by atoms with E-state index >= 15 is 0 Å². The quantitative estimate of drug-likeness (QED) is 0.591. The maximum Gasteiger partial charge on any atom is 0.0474 e. The SMILES string of the molecule is COCCCNC(C)CCSC. The van der Waals surface area contributed by atoms with E-state index in [4.69, 9.17) is 4.74 Å². The Morgan fingerprint density at radius 3 is 2.83 bits per heavy atom. The molecule has 0 amide bonds. The van der Waals surface area contributed by atoms with Gasteiger partial charge in [-0.1, -0.05) is 0 Å². The van der Waals surface area contributed by atoms with Crippen molar-refractivity contribution in [2.75, 3.05) is 32.3 Å². The minimum Gasteiger partial charge on any atom is -0.385 e. The lowest BCUT2D eigenvalue weighted by atomic mass is 10.2. The van der Waals surface area contributed by atoms with Gasteiger partial charge in [-0.05, 0) is 38.3 Å². The summed E-state index contributed by atoms with van der Waals surface area (Å²) in [4.78, 5) is 0. The monoisotopic (exact) mass is 191 g/mol. The molecule has 0 fully saturated rings. The van der Waals surface area contributed by atoms with Gasteiger partial charge >= 0.3 is 0 Å². The number of hydrogen-bond donors (Lipinski definition) is 1. The van der Waals surface area contributed by atoms with E-state index in [0.717, 1.165) is 19.6 Å². The Hall–Kier alpha value is 0.270. The van der Waals surface area contributed by atoms with Gasteiger partial charge in [0.05, 0.1) is 0 Å². The van der Waals surface area contributed by atoms with Gasteiger partial charge in [-0.15, -0.1) is 0 Å². The van der Waals surface area contributed by atoms with Crippen molar-refractivity contribution in [1.29, 1.82) is 0 Å². The fourth-order valence-electron chi connectivity index (χ4n) is 0.962. The lowest BCUT2D eigenvalue weighted by molar-refractivity contribution is 0.193. The lowest BCUT2D eigenvalue weighted by Crippen LogP contribution is -2.28. The summed E-state index contributed by atoms with van der Waals surface area (Å²) in [7, 11) is 1.75. The van der Waals surface area contributed by atoms with Gasteiger partial charge in [0.25, 0.3) is 0 Å². The molecule has 0 heterocycles. The molecule has 3 heteroatoms. The molecule has 0 radical (unpaired) electrons. The summed E-state index contributed by atoms with van der Waals surface area (Å²) in [5.41, 5.74) is 0. The van der Waals surface area contributed by atoms with Crippen LogP contribution in [0.2, 0.25) is 0 Å². The number of methoxy groups -OCH3 is 1. The first-order chi connectivity index (χ1) is 5.81. The average molecular weight is 191 g/mol. The fraction of sp³-hybridized carbons (Fsp3) is 1.00. The molecule has 0 aromatic carbocycles. The highest BCUT2D eigenvalue weighted by atomic mass is 32.2. The van der Waals surface area contributed by atoms with Crippen LogP contribution in [0.1, 0.15) is 19.8 Å². The summed E-state index contributed by atoms with van der Waals surface area (Å²) in [5, 5.41) is 3.46. The van der Waals surface area contributed by atoms with E-state index in [1.54, 1.807) is 7.11 Å². The van der Waals surface area contributed by atoms with E-state index in [9.17, 15) is 0 Å². The maximum atomic E-state index is 4.96. The zero-order valence-electron chi connectivity index (χ0n) is 8.43. The predicted molar refractivity (Wildman–Crippen MR) is 57.0 cm³/mol. The normalized spacial score (nSPS) is 13.2. The second-order valence-electron chi connectivity index (χ2n) is 2.98. The Balaban J connectivity index is 3.02. The van der Waals surface area contributed by atoms with Gasteiger partial charge in [0.15, 0.2) is 0 Å². The van der Waals surface area contributed by atoms with Crippen molar-refractivity contribution in [3.05, 3.63) is 0 Å². The summed E-state index contributed by atoms with van der Waals surface area (Å²) in [6, 6.07) is 0.648. The molecule has 0 aliphatic heterocycles. The highest BCUT2D eigenvalue weighted by molar-refractivity contribution is 7.98. The van der Waals surface area contributed by atoms with Gasteiger partial charge in [0.2, 0.25) is 0 Å². The van der Waals surface area contributed by atoms with Gasteiger partial charge in [0, 0.05) is 19.8 Å². The molecule has 2 nitrogen and oxygen atoms in total. The molecule has 0 bridgehead atoms. The van der Waals surface area contributed by atoms with Crippen LogP contribution in [0.15, 0.2) is 0 Å². The molecule has 0 aliphatic carbocycles. The first-order valence-corrected chi connectivity index (χ1v) is 5.92. The minimum atomic E-state index is 0.648. The van der Waals surface area contributed by atoms with Crippen LogP contribution < -0.4 is 5.32 Å². The molecule has 1 atom stereocenters. The second-order valence-corrected chi connectivity index (χ2v) is 3.97. The van der Waals surface area contributed by atoms with Crippen LogP contribution in [0, 0.1) is 0 Å². The van der Waals surface area contributed by atoms with E-state index in [0.29, 0.717) is 6.04 Å². The first-order valence-electron chi connectivity index (χ1n) is 4.52. The molecule has 0 aromatic heterocycles. The van der Waals surface area contributed by atoms with E-state index in [-0.39, 0.29) is 0 Å². The zero-order valence-corrected chi connectivity index (χ0v) is 9.25. The third-order valence-electron chi connectivity index (χ3n) is 1.77. The topological polar surface area (TPSA) is 21.3 Å². The third kappa shape index (κ3) is 8.37. The number of hydrogen-bond acceptors (Lipinski definition) is 3. The maximum absolute atomic E-state index is 4.96. The molecule has 0 spiro atoms. The molecule has 0 aliphatic rings. The Morgan fingerprint density at radius 1 is 1.50 bits per heavy atom. The van der Waals surface area contributed by atoms with E-state index in [1.807, 2.05) is 11.8 Å². The summed E-state index contributed by atoms with van der Waals surface area (Å²) in [6.45, 7) is 4.18. The smallest absolute Gasteiger partial charge is 0.0474 e. The summed E-state index contributed by atoms with van der Waals surface area (Å²) in [6.07, 6.45) is 4.52. The van der Waals surface area contributed by atoms with E-state index in [2.05, 4.69) is 18.5 Å². The molecule has 0 saturated carbocycles. The largest absolute Gasteiger partial charge is 0.385 e. The van der Waals surface area contributed by atoms with Crippen molar-refractivity contribution in [3.63, 3.8) is 0 Å². The molecule has 0 saturated heterocycles. The number of nitrogens with one attached hydrogen (secondary N) is 1. The van der Waals surface area contributed by atoms with E-state index in [1.165, 1.54) is 12.2 Å². The molecule has 1 unspecified atom stereocenters. The summed E-state index contributed by atoms with van der Waals surface area (Å²) in [5.74, 6) is 1.25. The Labute approximate surface area is 80.4 Å². The Bertz CT molecular complexity index is 90.6. The molecular formula is C9H21NOS. The van der Waals surface area contributed by atoms with Crippen molar-refractivity contribution in [2.45, 2.75) is 25.8 Å². The molecular weight excluding hydrogens is 170 g/mol. The third-order valence-corrected chi connectivity index (χ3v) is 2.42. The number of rotatable bonds is 8.